The number of methoxy groups -OCH3 is 1. The maximum absolute atomic E-state index is 13.1. The SMILES string of the molecule is COc1ccc(NC(=O)C2(C)Oc3cccnc3N(C(C)C)C2=O)cc1. The van der Waals surface area contributed by atoms with Crippen molar-refractivity contribution in [3.63, 3.8) is 0 Å². The minimum Gasteiger partial charge on any atom is -0.497 e. The Bertz CT molecular complexity index is 835. The van der Waals surface area contributed by atoms with E-state index in [0.29, 0.717) is 23.0 Å². The number of rotatable bonds is 4. The highest BCUT2D eigenvalue weighted by molar-refractivity contribution is 6.19. The van der Waals surface area contributed by atoms with E-state index in [4.69, 9.17) is 9.47 Å². The van der Waals surface area contributed by atoms with Gasteiger partial charge in [-0.05, 0) is 57.2 Å². The number of benzene rings is 1. The van der Waals surface area contributed by atoms with E-state index < -0.39 is 17.4 Å². The number of nitrogens with one attached hydrogen (secondary N) is 1. The largest absolute Gasteiger partial charge is 0.497 e. The van der Waals surface area contributed by atoms with Crippen molar-refractivity contribution in [2.24, 2.45) is 0 Å². The van der Waals surface area contributed by atoms with Crippen LogP contribution in [0.2, 0.25) is 0 Å². The number of pyridine rings is 1. The van der Waals surface area contributed by atoms with Crippen LogP contribution in [-0.4, -0.2) is 35.6 Å². The summed E-state index contributed by atoms with van der Waals surface area (Å²) in [5.74, 6) is 0.484. The number of anilines is 2. The minimum atomic E-state index is -1.69. The van der Waals surface area contributed by atoms with Gasteiger partial charge in [0.15, 0.2) is 11.6 Å². The van der Waals surface area contributed by atoms with Gasteiger partial charge in [0.25, 0.3) is 17.4 Å². The molecule has 0 spiro atoms. The molecule has 1 unspecified atom stereocenters. The molecule has 0 fully saturated rings. The summed E-state index contributed by atoms with van der Waals surface area (Å²) >= 11 is 0. The van der Waals surface area contributed by atoms with Crippen molar-refractivity contribution in [3.8, 4) is 11.5 Å². The molecule has 3 rings (SSSR count). The third-order valence-electron chi connectivity index (χ3n) is 4.22. The van der Waals surface area contributed by atoms with Gasteiger partial charge in [-0.2, -0.15) is 0 Å². The summed E-state index contributed by atoms with van der Waals surface area (Å²) in [5.41, 5.74) is -1.15. The van der Waals surface area contributed by atoms with E-state index in [1.807, 2.05) is 13.8 Å². The first-order valence-corrected chi connectivity index (χ1v) is 8.30. The maximum Gasteiger partial charge on any atom is 0.282 e. The average molecular weight is 355 g/mol. The van der Waals surface area contributed by atoms with E-state index in [-0.39, 0.29) is 6.04 Å². The van der Waals surface area contributed by atoms with E-state index in [0.717, 1.165) is 0 Å². The van der Waals surface area contributed by atoms with E-state index in [2.05, 4.69) is 10.3 Å². The van der Waals surface area contributed by atoms with Crippen LogP contribution < -0.4 is 19.7 Å². The first-order chi connectivity index (χ1) is 12.4. The normalized spacial score (nSPS) is 19.0. The first-order valence-electron chi connectivity index (χ1n) is 8.30. The molecule has 7 nitrogen and oxygen atoms in total. The summed E-state index contributed by atoms with van der Waals surface area (Å²) < 4.78 is 10.9. The highest BCUT2D eigenvalue weighted by atomic mass is 16.5. The Morgan fingerprint density at radius 3 is 2.58 bits per heavy atom. The molecule has 0 aliphatic carbocycles. The van der Waals surface area contributed by atoms with Crippen LogP contribution in [0, 0.1) is 0 Å². The number of hydrogen-bond acceptors (Lipinski definition) is 5. The lowest BCUT2D eigenvalue weighted by Crippen LogP contribution is -2.62. The van der Waals surface area contributed by atoms with Gasteiger partial charge in [-0.3, -0.25) is 14.5 Å². The molecule has 1 atom stereocenters. The highest BCUT2D eigenvalue weighted by Crippen LogP contribution is 2.37. The van der Waals surface area contributed by atoms with Crippen molar-refractivity contribution in [3.05, 3.63) is 42.6 Å². The molecule has 1 aromatic carbocycles. The van der Waals surface area contributed by atoms with Gasteiger partial charge in [0.2, 0.25) is 0 Å². The van der Waals surface area contributed by atoms with Crippen LogP contribution in [0.25, 0.3) is 0 Å². The molecule has 0 bridgehead atoms. The predicted octanol–water partition coefficient (Wildman–Crippen LogP) is 2.62. The zero-order chi connectivity index (χ0) is 18.9. The zero-order valence-electron chi connectivity index (χ0n) is 15.1. The monoisotopic (exact) mass is 355 g/mol. The van der Waals surface area contributed by atoms with Gasteiger partial charge in [0.1, 0.15) is 5.75 Å². The van der Waals surface area contributed by atoms with Crippen molar-refractivity contribution in [2.75, 3.05) is 17.3 Å². The maximum atomic E-state index is 13.1. The Kier molecular flexibility index (Phi) is 4.54. The molecular formula is C19H21N3O4. The second kappa shape index (κ2) is 6.67. The zero-order valence-corrected chi connectivity index (χ0v) is 15.1. The molecule has 1 N–H and O–H groups in total. The van der Waals surface area contributed by atoms with Crippen LogP contribution in [0.5, 0.6) is 11.5 Å². The van der Waals surface area contributed by atoms with Gasteiger partial charge >= 0.3 is 0 Å². The highest BCUT2D eigenvalue weighted by Gasteiger charge is 2.51. The standard InChI is InChI=1S/C19H21N3O4/c1-12(2)22-16-15(6-5-11-20-16)26-19(3,18(22)24)17(23)21-13-7-9-14(25-4)10-8-13/h5-12H,1-4H3,(H,21,23). The molecular weight excluding hydrogens is 334 g/mol. The number of aromatic nitrogens is 1. The van der Waals surface area contributed by atoms with Gasteiger partial charge < -0.3 is 14.8 Å². The summed E-state index contributed by atoms with van der Waals surface area (Å²) in [6.45, 7) is 5.20. The van der Waals surface area contributed by atoms with Crippen LogP contribution in [0.3, 0.4) is 0 Å². The summed E-state index contributed by atoms with van der Waals surface area (Å²) in [7, 11) is 1.56. The van der Waals surface area contributed by atoms with Crippen LogP contribution in [0.4, 0.5) is 11.5 Å². The molecule has 1 aliphatic heterocycles. The molecule has 2 aromatic rings. The summed E-state index contributed by atoms with van der Waals surface area (Å²) in [6.07, 6.45) is 1.59. The van der Waals surface area contributed by atoms with Crippen molar-refractivity contribution in [1.29, 1.82) is 0 Å². The Labute approximate surface area is 151 Å². The average Bonchev–Trinajstić information content (AvgIpc) is 2.63. The van der Waals surface area contributed by atoms with Crippen LogP contribution in [0.15, 0.2) is 42.6 Å². The van der Waals surface area contributed by atoms with Crippen molar-refractivity contribution in [2.45, 2.75) is 32.4 Å². The quantitative estimate of drug-likeness (QED) is 0.853. The molecule has 136 valence electrons. The van der Waals surface area contributed by atoms with E-state index >= 15 is 0 Å². The van der Waals surface area contributed by atoms with Crippen LogP contribution in [-0.2, 0) is 9.59 Å². The number of nitrogens with zero attached hydrogens (tertiary/aromatic N) is 2. The first kappa shape index (κ1) is 17.7. The molecule has 0 saturated carbocycles. The fourth-order valence-corrected chi connectivity index (χ4v) is 2.78. The topological polar surface area (TPSA) is 80.8 Å². The van der Waals surface area contributed by atoms with Crippen molar-refractivity contribution < 1.29 is 19.1 Å². The summed E-state index contributed by atoms with van der Waals surface area (Å²) in [5, 5.41) is 2.74. The van der Waals surface area contributed by atoms with Gasteiger partial charge in [0.05, 0.1) is 7.11 Å². The third kappa shape index (κ3) is 2.96. The fourth-order valence-electron chi connectivity index (χ4n) is 2.78. The molecule has 26 heavy (non-hydrogen) atoms. The van der Waals surface area contributed by atoms with E-state index in [1.54, 1.807) is 49.7 Å². The molecule has 2 amide bonds. The lowest BCUT2D eigenvalue weighted by Gasteiger charge is -2.40. The number of hydrogen-bond donors (Lipinski definition) is 1. The third-order valence-corrected chi connectivity index (χ3v) is 4.22. The van der Waals surface area contributed by atoms with Gasteiger partial charge in [-0.25, -0.2) is 4.98 Å². The second-order valence-corrected chi connectivity index (χ2v) is 6.41. The number of carbonyl (C=O) groups is 2. The Balaban J connectivity index is 1.92. The number of fused-ring (bicyclic) bond motifs is 1. The number of amides is 2. The molecule has 1 aromatic heterocycles. The van der Waals surface area contributed by atoms with Gasteiger partial charge in [-0.1, -0.05) is 0 Å². The summed E-state index contributed by atoms with van der Waals surface area (Å²) in [4.78, 5) is 31.7. The smallest absolute Gasteiger partial charge is 0.282 e. The molecule has 2 heterocycles. The molecule has 0 saturated heterocycles. The molecule has 0 radical (unpaired) electrons. The molecule has 1 aliphatic rings. The Morgan fingerprint density at radius 1 is 1.27 bits per heavy atom. The van der Waals surface area contributed by atoms with Crippen molar-refractivity contribution in [1.82, 2.24) is 4.98 Å². The molecule has 7 heteroatoms. The van der Waals surface area contributed by atoms with Crippen LogP contribution >= 0.6 is 0 Å². The fraction of sp³-hybridized carbons (Fsp3) is 0.316. The van der Waals surface area contributed by atoms with E-state index in [9.17, 15) is 9.59 Å². The summed E-state index contributed by atoms with van der Waals surface area (Å²) in [6, 6.07) is 10.1. The predicted molar refractivity (Wildman–Crippen MR) is 97.5 cm³/mol. The van der Waals surface area contributed by atoms with Crippen molar-refractivity contribution >= 4 is 23.3 Å². The van der Waals surface area contributed by atoms with E-state index in [1.165, 1.54) is 11.8 Å². The van der Waals surface area contributed by atoms with Gasteiger partial charge in [0, 0.05) is 17.9 Å². The lowest BCUT2D eigenvalue weighted by atomic mass is 9.99. The Morgan fingerprint density at radius 2 is 1.96 bits per heavy atom. The minimum absolute atomic E-state index is 0.173. The number of ether oxygens (including phenoxy) is 2. The Hall–Kier alpha value is -3.09. The van der Waals surface area contributed by atoms with Gasteiger partial charge in [-0.15, -0.1) is 0 Å². The lowest BCUT2D eigenvalue weighted by molar-refractivity contribution is -0.145. The van der Waals surface area contributed by atoms with Crippen LogP contribution in [0.1, 0.15) is 20.8 Å². The number of carbonyl (C=O) groups excluding carboxylic acids is 2. The second-order valence-electron chi connectivity index (χ2n) is 6.41.